The summed E-state index contributed by atoms with van der Waals surface area (Å²) in [4.78, 5) is 25.6. The van der Waals surface area contributed by atoms with Crippen LogP contribution in [0.25, 0.3) is 0 Å². The zero-order chi connectivity index (χ0) is 12.1. The molecular formula is C9H10ClN3O3. The molecule has 0 spiro atoms. The van der Waals surface area contributed by atoms with Crippen molar-refractivity contribution in [2.75, 3.05) is 6.54 Å². The van der Waals surface area contributed by atoms with Gasteiger partial charge in [-0.1, -0.05) is 11.6 Å². The van der Waals surface area contributed by atoms with Crippen molar-refractivity contribution in [3.05, 3.63) is 29.0 Å². The third kappa shape index (κ3) is 3.48. The number of nitrogens with zero attached hydrogens (tertiary/aromatic N) is 1. The largest absolute Gasteiger partial charge is 0.381 e. The van der Waals surface area contributed by atoms with Gasteiger partial charge in [0, 0.05) is 6.20 Å². The van der Waals surface area contributed by atoms with E-state index in [0.29, 0.717) is 0 Å². The average Bonchev–Trinajstić information content (AvgIpc) is 2.26. The van der Waals surface area contributed by atoms with E-state index in [9.17, 15) is 9.59 Å². The van der Waals surface area contributed by atoms with E-state index in [1.54, 1.807) is 0 Å². The molecule has 0 aromatic carbocycles. The molecule has 1 rings (SSSR count). The quantitative estimate of drug-likeness (QED) is 0.609. The summed E-state index contributed by atoms with van der Waals surface area (Å²) in [5.74, 6) is -1.36. The van der Waals surface area contributed by atoms with E-state index in [2.05, 4.69) is 10.3 Å². The number of nitrogens with one attached hydrogen (secondary N) is 1. The molecule has 1 atom stereocenters. The number of pyridine rings is 1. The van der Waals surface area contributed by atoms with Gasteiger partial charge in [0.15, 0.2) is 0 Å². The number of hydrogen-bond acceptors (Lipinski definition) is 4. The number of rotatable bonds is 4. The van der Waals surface area contributed by atoms with E-state index in [-0.39, 0.29) is 17.3 Å². The molecule has 16 heavy (non-hydrogen) atoms. The molecule has 1 unspecified atom stereocenters. The van der Waals surface area contributed by atoms with E-state index in [1.807, 2.05) is 0 Å². The molecule has 6 nitrogen and oxygen atoms in total. The van der Waals surface area contributed by atoms with Crippen molar-refractivity contribution in [1.82, 2.24) is 10.3 Å². The van der Waals surface area contributed by atoms with E-state index < -0.39 is 17.9 Å². The van der Waals surface area contributed by atoms with Gasteiger partial charge < -0.3 is 16.2 Å². The molecule has 0 bridgehead atoms. The Labute approximate surface area is 96.4 Å². The van der Waals surface area contributed by atoms with E-state index in [0.717, 1.165) is 0 Å². The molecule has 2 amide bonds. The first-order valence-corrected chi connectivity index (χ1v) is 4.75. The Balaban J connectivity index is 2.53. The maximum absolute atomic E-state index is 11.4. The van der Waals surface area contributed by atoms with Gasteiger partial charge in [-0.25, -0.2) is 4.98 Å². The maximum Gasteiger partial charge on any atom is 0.252 e. The summed E-state index contributed by atoms with van der Waals surface area (Å²) in [5.41, 5.74) is 5.09. The van der Waals surface area contributed by atoms with Crippen molar-refractivity contribution in [3.8, 4) is 0 Å². The first-order valence-electron chi connectivity index (χ1n) is 4.38. The number of aliphatic hydroxyl groups is 1. The number of hydrogen-bond donors (Lipinski definition) is 3. The molecule has 1 aromatic rings. The molecule has 0 aliphatic heterocycles. The van der Waals surface area contributed by atoms with Crippen LogP contribution in [0.4, 0.5) is 0 Å². The molecule has 7 heteroatoms. The fourth-order valence-electron chi connectivity index (χ4n) is 0.902. The van der Waals surface area contributed by atoms with Gasteiger partial charge in [-0.15, -0.1) is 0 Å². The highest BCUT2D eigenvalue weighted by molar-refractivity contribution is 6.29. The van der Waals surface area contributed by atoms with Gasteiger partial charge in [0.25, 0.3) is 5.91 Å². The van der Waals surface area contributed by atoms with Crippen molar-refractivity contribution in [1.29, 1.82) is 0 Å². The van der Waals surface area contributed by atoms with Gasteiger partial charge in [-0.05, 0) is 12.1 Å². The highest BCUT2D eigenvalue weighted by Crippen LogP contribution is 2.04. The second kappa shape index (κ2) is 5.43. The topological polar surface area (TPSA) is 105 Å². The van der Waals surface area contributed by atoms with Crippen LogP contribution in [0.2, 0.25) is 5.15 Å². The predicted molar refractivity (Wildman–Crippen MR) is 56.8 cm³/mol. The van der Waals surface area contributed by atoms with Gasteiger partial charge in [-0.3, -0.25) is 9.59 Å². The Morgan fingerprint density at radius 2 is 2.25 bits per heavy atom. The predicted octanol–water partition coefficient (Wildman–Crippen LogP) is -0.689. The van der Waals surface area contributed by atoms with Crippen LogP contribution in [0.5, 0.6) is 0 Å². The number of amides is 2. The highest BCUT2D eigenvalue weighted by atomic mass is 35.5. The van der Waals surface area contributed by atoms with Crippen LogP contribution in [0.15, 0.2) is 18.3 Å². The van der Waals surface area contributed by atoms with Gasteiger partial charge >= 0.3 is 0 Å². The molecule has 0 aliphatic carbocycles. The molecule has 1 heterocycles. The second-order valence-electron chi connectivity index (χ2n) is 3.00. The number of halogens is 1. The Bertz CT molecular complexity index is 393. The Morgan fingerprint density at radius 3 is 2.75 bits per heavy atom. The van der Waals surface area contributed by atoms with Crippen LogP contribution in [-0.4, -0.2) is 34.6 Å². The van der Waals surface area contributed by atoms with Crippen LogP contribution in [0.1, 0.15) is 10.4 Å². The molecular weight excluding hydrogens is 234 g/mol. The third-order valence-electron chi connectivity index (χ3n) is 1.77. The molecule has 0 saturated heterocycles. The number of nitrogens with two attached hydrogens (primary N) is 1. The van der Waals surface area contributed by atoms with Crippen molar-refractivity contribution in [3.63, 3.8) is 0 Å². The summed E-state index contributed by atoms with van der Waals surface area (Å²) in [5, 5.41) is 11.6. The Hall–Kier alpha value is -1.66. The molecule has 0 saturated carbocycles. The van der Waals surface area contributed by atoms with Crippen LogP contribution >= 0.6 is 11.6 Å². The van der Waals surface area contributed by atoms with Crippen LogP contribution in [0.3, 0.4) is 0 Å². The highest BCUT2D eigenvalue weighted by Gasteiger charge is 2.13. The smallest absolute Gasteiger partial charge is 0.252 e. The SMILES string of the molecule is NC(=O)C(O)CNC(=O)c1ccc(Cl)nc1. The zero-order valence-electron chi connectivity index (χ0n) is 8.18. The average molecular weight is 244 g/mol. The Kier molecular flexibility index (Phi) is 4.21. The summed E-state index contributed by atoms with van der Waals surface area (Å²) >= 11 is 5.54. The lowest BCUT2D eigenvalue weighted by molar-refractivity contribution is -0.125. The summed E-state index contributed by atoms with van der Waals surface area (Å²) in [6, 6.07) is 2.93. The summed E-state index contributed by atoms with van der Waals surface area (Å²) in [6.07, 6.45) is -0.113. The lowest BCUT2D eigenvalue weighted by atomic mass is 10.2. The number of primary amides is 1. The van der Waals surface area contributed by atoms with Crippen molar-refractivity contribution < 1.29 is 14.7 Å². The monoisotopic (exact) mass is 243 g/mol. The first kappa shape index (κ1) is 12.4. The van der Waals surface area contributed by atoms with Crippen LogP contribution in [-0.2, 0) is 4.79 Å². The van der Waals surface area contributed by atoms with Crippen LogP contribution in [0, 0.1) is 0 Å². The number of aliphatic hydroxyl groups excluding tert-OH is 1. The van der Waals surface area contributed by atoms with Gasteiger partial charge in [0.1, 0.15) is 11.3 Å². The third-order valence-corrected chi connectivity index (χ3v) is 2.00. The molecule has 86 valence electrons. The summed E-state index contributed by atoms with van der Waals surface area (Å²) < 4.78 is 0. The van der Waals surface area contributed by atoms with Crippen molar-refractivity contribution >= 4 is 23.4 Å². The van der Waals surface area contributed by atoms with Gasteiger partial charge in [0.05, 0.1) is 12.1 Å². The van der Waals surface area contributed by atoms with E-state index in [4.69, 9.17) is 22.4 Å². The number of carbonyl (C=O) groups excluding carboxylic acids is 2. The number of carbonyl (C=O) groups is 2. The van der Waals surface area contributed by atoms with E-state index >= 15 is 0 Å². The standard InChI is InChI=1S/C9H10ClN3O3/c10-7-2-1-5(3-12-7)9(16)13-4-6(14)8(11)15/h1-3,6,14H,4H2,(H2,11,15)(H,13,16). The van der Waals surface area contributed by atoms with Crippen LogP contribution < -0.4 is 11.1 Å². The zero-order valence-corrected chi connectivity index (χ0v) is 8.94. The normalized spacial score (nSPS) is 11.9. The lowest BCUT2D eigenvalue weighted by Gasteiger charge is -2.08. The molecule has 1 aromatic heterocycles. The van der Waals surface area contributed by atoms with Gasteiger partial charge in [-0.2, -0.15) is 0 Å². The molecule has 0 aliphatic rings. The fourth-order valence-corrected chi connectivity index (χ4v) is 1.01. The lowest BCUT2D eigenvalue weighted by Crippen LogP contribution is -2.39. The minimum absolute atomic E-state index is 0.239. The number of aromatic nitrogens is 1. The minimum Gasteiger partial charge on any atom is -0.381 e. The first-order chi connectivity index (χ1) is 7.50. The summed E-state index contributed by atoms with van der Waals surface area (Å²) in [7, 11) is 0. The summed E-state index contributed by atoms with van der Waals surface area (Å²) in [6.45, 7) is -0.239. The maximum atomic E-state index is 11.4. The second-order valence-corrected chi connectivity index (χ2v) is 3.39. The molecule has 0 radical (unpaired) electrons. The van der Waals surface area contributed by atoms with E-state index in [1.165, 1.54) is 18.3 Å². The molecule has 0 fully saturated rings. The van der Waals surface area contributed by atoms with Gasteiger partial charge in [0.2, 0.25) is 5.91 Å². The Morgan fingerprint density at radius 1 is 1.56 bits per heavy atom. The van der Waals surface area contributed by atoms with Crippen molar-refractivity contribution in [2.45, 2.75) is 6.10 Å². The minimum atomic E-state index is -1.40. The van der Waals surface area contributed by atoms with Crippen molar-refractivity contribution in [2.24, 2.45) is 5.73 Å². The fraction of sp³-hybridized carbons (Fsp3) is 0.222. The molecule has 4 N–H and O–H groups in total.